The molecule has 1 aromatic carbocycles. The molecule has 0 bridgehead atoms. The van der Waals surface area contributed by atoms with Gasteiger partial charge in [0.2, 0.25) is 5.91 Å². The minimum Gasteiger partial charge on any atom is -0.480 e. The van der Waals surface area contributed by atoms with Crippen molar-refractivity contribution in [2.24, 2.45) is 0 Å². The lowest BCUT2D eigenvalue weighted by Crippen LogP contribution is -2.40. The number of amides is 2. The van der Waals surface area contributed by atoms with Crippen molar-refractivity contribution in [1.82, 2.24) is 4.90 Å². The highest BCUT2D eigenvalue weighted by Gasteiger charge is 2.34. The fraction of sp³-hybridized carbons (Fsp3) is 0.357. The van der Waals surface area contributed by atoms with Crippen LogP contribution in [0.3, 0.4) is 0 Å². The molecule has 1 fully saturated rings. The number of nitrogens with one attached hydrogen (secondary N) is 1. The number of carboxylic acids is 1. The Morgan fingerprint density at radius 1 is 1.35 bits per heavy atom. The SMILES string of the molecule is O=C1Cc2cc(C(=O)N3CCCC3C(=O)O)ccc2N1. The van der Waals surface area contributed by atoms with Crippen molar-refractivity contribution in [2.45, 2.75) is 25.3 Å². The summed E-state index contributed by atoms with van der Waals surface area (Å²) in [6.07, 6.45) is 1.46. The lowest BCUT2D eigenvalue weighted by molar-refractivity contribution is -0.141. The summed E-state index contributed by atoms with van der Waals surface area (Å²) < 4.78 is 0. The molecule has 6 nitrogen and oxygen atoms in total. The summed E-state index contributed by atoms with van der Waals surface area (Å²) >= 11 is 0. The van der Waals surface area contributed by atoms with Crippen molar-refractivity contribution < 1.29 is 19.5 Å². The van der Waals surface area contributed by atoms with Gasteiger partial charge >= 0.3 is 5.97 Å². The molecule has 2 N–H and O–H groups in total. The predicted octanol–water partition coefficient (Wildman–Crippen LogP) is 0.870. The van der Waals surface area contributed by atoms with Crippen LogP contribution in [-0.4, -0.2) is 40.4 Å². The maximum Gasteiger partial charge on any atom is 0.326 e. The Bertz CT molecular complexity index is 611. The Balaban J connectivity index is 1.86. The average molecular weight is 274 g/mol. The lowest BCUT2D eigenvalue weighted by atomic mass is 10.1. The third-order valence-corrected chi connectivity index (χ3v) is 3.78. The highest BCUT2D eigenvalue weighted by Crippen LogP contribution is 2.26. The number of carboxylic acid groups (broad SMARTS) is 1. The van der Waals surface area contributed by atoms with Gasteiger partial charge in [0.25, 0.3) is 5.91 Å². The molecule has 6 heteroatoms. The van der Waals surface area contributed by atoms with Crippen LogP contribution in [0.1, 0.15) is 28.8 Å². The van der Waals surface area contributed by atoms with Gasteiger partial charge in [0.15, 0.2) is 0 Å². The number of nitrogens with zero attached hydrogens (tertiary/aromatic N) is 1. The van der Waals surface area contributed by atoms with Crippen LogP contribution in [0.25, 0.3) is 0 Å². The van der Waals surface area contributed by atoms with Crippen LogP contribution in [0, 0.1) is 0 Å². The first-order valence-corrected chi connectivity index (χ1v) is 6.53. The summed E-state index contributed by atoms with van der Waals surface area (Å²) in [7, 11) is 0. The van der Waals surface area contributed by atoms with Gasteiger partial charge in [-0.1, -0.05) is 0 Å². The molecular formula is C14H14N2O4. The molecule has 0 saturated carbocycles. The van der Waals surface area contributed by atoms with Gasteiger partial charge in [-0.2, -0.15) is 0 Å². The highest BCUT2D eigenvalue weighted by atomic mass is 16.4. The van der Waals surface area contributed by atoms with E-state index in [0.717, 1.165) is 11.3 Å². The first-order valence-electron chi connectivity index (χ1n) is 6.53. The van der Waals surface area contributed by atoms with E-state index in [1.807, 2.05) is 0 Å². The monoisotopic (exact) mass is 274 g/mol. The summed E-state index contributed by atoms with van der Waals surface area (Å²) in [5, 5.41) is 11.8. The van der Waals surface area contributed by atoms with Crippen LogP contribution >= 0.6 is 0 Å². The van der Waals surface area contributed by atoms with Crippen LogP contribution in [0.5, 0.6) is 0 Å². The van der Waals surface area contributed by atoms with Gasteiger partial charge in [0.05, 0.1) is 6.42 Å². The molecule has 104 valence electrons. The minimum absolute atomic E-state index is 0.0887. The number of carbonyl (C=O) groups is 3. The van der Waals surface area contributed by atoms with Crippen molar-refractivity contribution in [3.63, 3.8) is 0 Å². The quantitative estimate of drug-likeness (QED) is 0.837. The first-order chi connectivity index (χ1) is 9.56. The summed E-state index contributed by atoms with van der Waals surface area (Å²) in [5.74, 6) is -1.33. The van der Waals surface area contributed by atoms with Gasteiger partial charge in [-0.05, 0) is 36.6 Å². The molecule has 0 radical (unpaired) electrons. The molecule has 0 aliphatic carbocycles. The van der Waals surface area contributed by atoms with Crippen LogP contribution in [0.2, 0.25) is 0 Å². The number of rotatable bonds is 2. The second-order valence-electron chi connectivity index (χ2n) is 5.09. The van der Waals surface area contributed by atoms with Gasteiger partial charge in [-0.25, -0.2) is 4.79 Å². The summed E-state index contributed by atoms with van der Waals surface area (Å²) in [6, 6.07) is 4.26. The van der Waals surface area contributed by atoms with Gasteiger partial charge < -0.3 is 15.3 Å². The van der Waals surface area contributed by atoms with Crippen molar-refractivity contribution in [3.05, 3.63) is 29.3 Å². The van der Waals surface area contributed by atoms with Crippen molar-refractivity contribution in [3.8, 4) is 0 Å². The molecule has 0 spiro atoms. The smallest absolute Gasteiger partial charge is 0.326 e. The zero-order valence-corrected chi connectivity index (χ0v) is 10.8. The Kier molecular flexibility index (Phi) is 2.93. The number of carbonyl (C=O) groups excluding carboxylic acids is 2. The normalized spacial score (nSPS) is 20.7. The Morgan fingerprint density at radius 3 is 2.90 bits per heavy atom. The molecule has 2 aliphatic heterocycles. The predicted molar refractivity (Wildman–Crippen MR) is 70.5 cm³/mol. The van der Waals surface area contributed by atoms with Crippen molar-refractivity contribution in [2.75, 3.05) is 11.9 Å². The minimum atomic E-state index is -0.964. The number of fused-ring (bicyclic) bond motifs is 1. The van der Waals surface area contributed by atoms with Crippen molar-refractivity contribution >= 4 is 23.5 Å². The third-order valence-electron chi connectivity index (χ3n) is 3.78. The Hall–Kier alpha value is -2.37. The molecule has 3 rings (SSSR count). The number of hydrogen-bond donors (Lipinski definition) is 2. The highest BCUT2D eigenvalue weighted by molar-refractivity contribution is 6.02. The van der Waals surface area contributed by atoms with E-state index in [0.29, 0.717) is 24.9 Å². The molecule has 1 aromatic rings. The van der Waals surface area contributed by atoms with E-state index in [-0.39, 0.29) is 18.2 Å². The van der Waals surface area contributed by atoms with Crippen LogP contribution in [0.15, 0.2) is 18.2 Å². The molecule has 2 amide bonds. The molecule has 20 heavy (non-hydrogen) atoms. The molecule has 1 atom stereocenters. The summed E-state index contributed by atoms with van der Waals surface area (Å²) in [4.78, 5) is 36.2. The number of anilines is 1. The van der Waals surface area contributed by atoms with E-state index in [1.165, 1.54) is 4.90 Å². The van der Waals surface area contributed by atoms with Crippen molar-refractivity contribution in [1.29, 1.82) is 0 Å². The largest absolute Gasteiger partial charge is 0.480 e. The van der Waals surface area contributed by atoms with Gasteiger partial charge in [0.1, 0.15) is 6.04 Å². The van der Waals surface area contributed by atoms with Gasteiger partial charge in [-0.15, -0.1) is 0 Å². The third kappa shape index (κ3) is 2.03. The molecule has 1 unspecified atom stereocenters. The van der Waals surface area contributed by atoms with E-state index < -0.39 is 12.0 Å². The second-order valence-corrected chi connectivity index (χ2v) is 5.09. The average Bonchev–Trinajstić information content (AvgIpc) is 3.01. The van der Waals surface area contributed by atoms with E-state index in [4.69, 9.17) is 5.11 Å². The maximum absolute atomic E-state index is 12.4. The Labute approximate surface area is 115 Å². The fourth-order valence-electron chi connectivity index (χ4n) is 2.79. The van der Waals surface area contributed by atoms with Gasteiger partial charge in [-0.3, -0.25) is 9.59 Å². The van der Waals surface area contributed by atoms with E-state index >= 15 is 0 Å². The number of aliphatic carboxylic acids is 1. The topological polar surface area (TPSA) is 86.7 Å². The number of benzene rings is 1. The number of hydrogen-bond acceptors (Lipinski definition) is 3. The first kappa shape index (κ1) is 12.7. The zero-order valence-electron chi connectivity index (χ0n) is 10.8. The van der Waals surface area contributed by atoms with Crippen LogP contribution < -0.4 is 5.32 Å². The lowest BCUT2D eigenvalue weighted by Gasteiger charge is -2.21. The summed E-state index contributed by atoms with van der Waals surface area (Å²) in [5.41, 5.74) is 1.95. The molecule has 2 aliphatic rings. The van der Waals surface area contributed by atoms with Gasteiger partial charge in [0, 0.05) is 17.8 Å². The Morgan fingerprint density at radius 2 is 2.15 bits per heavy atom. The van der Waals surface area contributed by atoms with Crippen LogP contribution in [-0.2, 0) is 16.0 Å². The molecule has 2 heterocycles. The fourth-order valence-corrected chi connectivity index (χ4v) is 2.79. The molecular weight excluding hydrogens is 260 g/mol. The standard InChI is InChI=1S/C14H14N2O4/c17-12-7-9-6-8(3-4-10(9)15-12)13(18)16-5-1-2-11(16)14(19)20/h3-4,6,11H,1-2,5,7H2,(H,15,17)(H,19,20). The molecule has 1 saturated heterocycles. The van der Waals surface area contributed by atoms with Crippen LogP contribution in [0.4, 0.5) is 5.69 Å². The van der Waals surface area contributed by atoms with E-state index in [1.54, 1.807) is 18.2 Å². The number of likely N-dealkylation sites (tertiary alicyclic amines) is 1. The zero-order chi connectivity index (χ0) is 14.3. The van der Waals surface area contributed by atoms with E-state index in [9.17, 15) is 14.4 Å². The van der Waals surface area contributed by atoms with E-state index in [2.05, 4.69) is 5.32 Å². The maximum atomic E-state index is 12.4. The second kappa shape index (κ2) is 4.63. The summed E-state index contributed by atoms with van der Waals surface area (Å²) in [6.45, 7) is 0.462. The molecule has 0 aromatic heterocycles.